The maximum Gasteiger partial charge on any atom is 0.350 e. The second-order valence-corrected chi connectivity index (χ2v) is 5.66. The van der Waals surface area contributed by atoms with Crippen LogP contribution in [0.3, 0.4) is 0 Å². The minimum atomic E-state index is -0.975. The molecule has 0 saturated heterocycles. The number of rotatable bonds is 6. The number of carboxylic acids is 1. The van der Waals surface area contributed by atoms with Crippen molar-refractivity contribution in [3.63, 3.8) is 0 Å². The standard InChI is InChI=1S/C15H15N3O5S/c1-8-9(3-6-12(19)20)14(21)18-11(17-8)5-4-10-13(15(22)23-2)24-7-16-10/h4-5,7H,3,6H2,1-2H3,(H,19,20)(H,17,18,21)/b5-4+. The van der Waals surface area contributed by atoms with E-state index in [1.165, 1.54) is 18.7 Å². The zero-order valence-electron chi connectivity index (χ0n) is 13.0. The van der Waals surface area contributed by atoms with Gasteiger partial charge in [0, 0.05) is 17.7 Å². The van der Waals surface area contributed by atoms with Crippen LogP contribution in [0.1, 0.15) is 38.9 Å². The normalized spacial score (nSPS) is 10.9. The highest BCUT2D eigenvalue weighted by Gasteiger charge is 2.13. The number of carbonyl (C=O) groups excluding carboxylic acids is 1. The van der Waals surface area contributed by atoms with Crippen molar-refractivity contribution in [2.24, 2.45) is 0 Å². The van der Waals surface area contributed by atoms with E-state index in [1.54, 1.807) is 13.0 Å². The first-order valence-electron chi connectivity index (χ1n) is 6.93. The van der Waals surface area contributed by atoms with E-state index < -0.39 is 11.9 Å². The summed E-state index contributed by atoms with van der Waals surface area (Å²) in [6.07, 6.45) is 3.06. The van der Waals surface area contributed by atoms with Crippen LogP contribution < -0.4 is 5.56 Å². The van der Waals surface area contributed by atoms with Gasteiger partial charge in [-0.15, -0.1) is 11.3 Å². The Hall–Kier alpha value is -2.81. The quantitative estimate of drug-likeness (QED) is 0.758. The van der Waals surface area contributed by atoms with E-state index in [0.717, 1.165) is 11.3 Å². The Balaban J connectivity index is 2.25. The van der Waals surface area contributed by atoms with Crippen molar-refractivity contribution in [2.75, 3.05) is 7.11 Å². The van der Waals surface area contributed by atoms with Crippen LogP contribution in [0.25, 0.3) is 12.2 Å². The van der Waals surface area contributed by atoms with E-state index in [-0.39, 0.29) is 18.4 Å². The third-order valence-electron chi connectivity index (χ3n) is 3.19. The maximum absolute atomic E-state index is 12.0. The smallest absolute Gasteiger partial charge is 0.350 e. The fourth-order valence-electron chi connectivity index (χ4n) is 2.01. The lowest BCUT2D eigenvalue weighted by atomic mass is 10.1. The summed E-state index contributed by atoms with van der Waals surface area (Å²) < 4.78 is 4.66. The molecule has 0 aliphatic rings. The van der Waals surface area contributed by atoms with Crippen LogP contribution in [0.5, 0.6) is 0 Å². The van der Waals surface area contributed by atoms with Gasteiger partial charge in [0.15, 0.2) is 0 Å². The van der Waals surface area contributed by atoms with Crippen LogP contribution in [0.4, 0.5) is 0 Å². The number of esters is 1. The molecule has 2 heterocycles. The van der Waals surface area contributed by atoms with Gasteiger partial charge in [0.1, 0.15) is 10.7 Å². The zero-order valence-corrected chi connectivity index (χ0v) is 13.8. The molecular formula is C15H15N3O5S. The summed E-state index contributed by atoms with van der Waals surface area (Å²) in [7, 11) is 1.29. The van der Waals surface area contributed by atoms with Crippen LogP contribution >= 0.6 is 11.3 Å². The molecule has 0 aliphatic carbocycles. The van der Waals surface area contributed by atoms with Crippen LogP contribution in [0.15, 0.2) is 10.3 Å². The number of aromatic amines is 1. The number of hydrogen-bond donors (Lipinski definition) is 2. The van der Waals surface area contributed by atoms with Crippen LogP contribution in [-0.4, -0.2) is 39.1 Å². The summed E-state index contributed by atoms with van der Waals surface area (Å²) in [5.41, 5.74) is 2.36. The molecule has 9 heteroatoms. The number of nitrogens with one attached hydrogen (secondary N) is 1. The fourth-order valence-corrected chi connectivity index (χ4v) is 2.71. The van der Waals surface area contributed by atoms with E-state index in [9.17, 15) is 14.4 Å². The number of aliphatic carboxylic acids is 1. The molecule has 0 aliphatic heterocycles. The van der Waals surface area contributed by atoms with Gasteiger partial charge in [0.05, 0.1) is 18.3 Å². The Morgan fingerprint density at radius 1 is 1.42 bits per heavy atom. The van der Waals surface area contributed by atoms with Crippen LogP contribution in [0.2, 0.25) is 0 Å². The molecule has 0 amide bonds. The lowest BCUT2D eigenvalue weighted by Crippen LogP contribution is -2.18. The molecule has 0 unspecified atom stereocenters. The van der Waals surface area contributed by atoms with Crippen molar-refractivity contribution < 1.29 is 19.4 Å². The minimum absolute atomic E-state index is 0.117. The van der Waals surface area contributed by atoms with Crippen LogP contribution in [-0.2, 0) is 16.0 Å². The second-order valence-electron chi connectivity index (χ2n) is 4.80. The molecule has 126 valence electrons. The average molecular weight is 349 g/mol. The average Bonchev–Trinajstić information content (AvgIpc) is 2.99. The minimum Gasteiger partial charge on any atom is -0.481 e. The largest absolute Gasteiger partial charge is 0.481 e. The summed E-state index contributed by atoms with van der Waals surface area (Å²) in [4.78, 5) is 45.5. The summed E-state index contributed by atoms with van der Waals surface area (Å²) in [6.45, 7) is 1.65. The van der Waals surface area contributed by atoms with Gasteiger partial charge in [-0.25, -0.2) is 14.8 Å². The molecule has 2 aromatic rings. The van der Waals surface area contributed by atoms with Gasteiger partial charge in [0.2, 0.25) is 0 Å². The number of aromatic nitrogens is 3. The van der Waals surface area contributed by atoms with Gasteiger partial charge >= 0.3 is 11.9 Å². The van der Waals surface area contributed by atoms with Crippen molar-refractivity contribution in [3.05, 3.63) is 43.5 Å². The molecule has 0 bridgehead atoms. The second kappa shape index (κ2) is 7.64. The first-order chi connectivity index (χ1) is 11.4. The topological polar surface area (TPSA) is 122 Å². The Bertz CT molecular complexity index is 853. The van der Waals surface area contributed by atoms with Gasteiger partial charge < -0.3 is 14.8 Å². The molecule has 2 N–H and O–H groups in total. The molecule has 2 rings (SSSR count). The molecule has 0 spiro atoms. The van der Waals surface area contributed by atoms with Crippen molar-refractivity contribution in [1.29, 1.82) is 0 Å². The lowest BCUT2D eigenvalue weighted by Gasteiger charge is -2.03. The number of hydrogen-bond acceptors (Lipinski definition) is 7. The molecule has 0 atom stereocenters. The SMILES string of the molecule is COC(=O)c1scnc1/C=C/c1nc(C)c(CCC(=O)O)c(=O)[nH]1. The summed E-state index contributed by atoms with van der Waals surface area (Å²) in [5, 5.41) is 8.70. The first-order valence-corrected chi connectivity index (χ1v) is 7.81. The number of carbonyl (C=O) groups is 2. The summed E-state index contributed by atoms with van der Waals surface area (Å²) in [6, 6.07) is 0. The first kappa shape index (κ1) is 17.5. The Kier molecular flexibility index (Phi) is 5.59. The highest BCUT2D eigenvalue weighted by atomic mass is 32.1. The molecule has 24 heavy (non-hydrogen) atoms. The van der Waals surface area contributed by atoms with E-state index >= 15 is 0 Å². The molecule has 0 saturated carbocycles. The lowest BCUT2D eigenvalue weighted by molar-refractivity contribution is -0.136. The highest BCUT2D eigenvalue weighted by molar-refractivity contribution is 7.11. The third kappa shape index (κ3) is 4.13. The Morgan fingerprint density at radius 3 is 2.79 bits per heavy atom. The van der Waals surface area contributed by atoms with E-state index in [2.05, 4.69) is 19.7 Å². The number of thiazole rings is 1. The van der Waals surface area contributed by atoms with Gasteiger partial charge in [-0.05, 0) is 25.5 Å². The molecule has 2 aromatic heterocycles. The number of carboxylic acid groups (broad SMARTS) is 1. The van der Waals surface area contributed by atoms with Crippen LogP contribution in [0, 0.1) is 6.92 Å². The molecular weight excluding hydrogens is 334 g/mol. The predicted molar refractivity (Wildman–Crippen MR) is 87.9 cm³/mol. The van der Waals surface area contributed by atoms with Gasteiger partial charge in [-0.2, -0.15) is 0 Å². The molecule has 8 nitrogen and oxygen atoms in total. The van der Waals surface area contributed by atoms with Gasteiger partial charge in [-0.1, -0.05) is 0 Å². The fraction of sp³-hybridized carbons (Fsp3) is 0.267. The maximum atomic E-state index is 12.0. The van der Waals surface area contributed by atoms with Crippen molar-refractivity contribution in [3.8, 4) is 0 Å². The number of H-pyrrole nitrogens is 1. The highest BCUT2D eigenvalue weighted by Crippen LogP contribution is 2.16. The Labute approximate surface area is 140 Å². The number of aryl methyl sites for hydroxylation is 1. The van der Waals surface area contributed by atoms with E-state index in [1.807, 2.05) is 0 Å². The molecule has 0 aromatic carbocycles. The number of nitrogens with zero attached hydrogens (tertiary/aromatic N) is 2. The third-order valence-corrected chi connectivity index (χ3v) is 4.02. The van der Waals surface area contributed by atoms with E-state index in [0.29, 0.717) is 27.7 Å². The van der Waals surface area contributed by atoms with Crippen molar-refractivity contribution >= 4 is 35.4 Å². The van der Waals surface area contributed by atoms with Gasteiger partial charge in [0.25, 0.3) is 5.56 Å². The Morgan fingerprint density at radius 2 is 2.17 bits per heavy atom. The van der Waals surface area contributed by atoms with Crippen molar-refractivity contribution in [2.45, 2.75) is 19.8 Å². The van der Waals surface area contributed by atoms with Crippen molar-refractivity contribution in [1.82, 2.24) is 15.0 Å². The predicted octanol–water partition coefficient (Wildman–Crippen LogP) is 1.51. The molecule has 0 radical (unpaired) electrons. The number of ether oxygens (including phenoxy) is 1. The van der Waals surface area contributed by atoms with Gasteiger partial charge in [-0.3, -0.25) is 9.59 Å². The monoisotopic (exact) mass is 349 g/mol. The zero-order chi connectivity index (χ0) is 17.7. The van der Waals surface area contributed by atoms with E-state index in [4.69, 9.17) is 5.11 Å². The summed E-state index contributed by atoms with van der Waals surface area (Å²) >= 11 is 1.15. The summed E-state index contributed by atoms with van der Waals surface area (Å²) in [5.74, 6) is -1.17. The number of methoxy groups -OCH3 is 1. The molecule has 0 fully saturated rings.